The summed E-state index contributed by atoms with van der Waals surface area (Å²) in [6.45, 7) is 2.46. The van der Waals surface area contributed by atoms with Crippen LogP contribution in [0.25, 0.3) is 11.1 Å². The number of amides is 1. The molecule has 32 heavy (non-hydrogen) atoms. The fourth-order valence-corrected chi connectivity index (χ4v) is 5.11. The van der Waals surface area contributed by atoms with E-state index in [0.29, 0.717) is 6.54 Å². The first kappa shape index (κ1) is 22.8. The topological polar surface area (TPSA) is 66.5 Å². The van der Waals surface area contributed by atoms with Crippen molar-refractivity contribution < 1.29 is 26.4 Å². The molecule has 2 aromatic rings. The average molecular weight is 467 g/mol. The predicted molar refractivity (Wildman–Crippen MR) is 115 cm³/mol. The summed E-state index contributed by atoms with van der Waals surface area (Å²) in [5.74, 6) is -2.85. The van der Waals surface area contributed by atoms with Gasteiger partial charge in [-0.1, -0.05) is 37.3 Å². The van der Waals surface area contributed by atoms with Crippen LogP contribution in [-0.2, 0) is 20.5 Å². The van der Waals surface area contributed by atoms with Crippen molar-refractivity contribution in [2.45, 2.75) is 31.5 Å². The normalized spacial score (nSPS) is 27.2. The van der Waals surface area contributed by atoms with Crippen molar-refractivity contribution in [3.05, 3.63) is 59.7 Å². The molecule has 4 rings (SSSR count). The van der Waals surface area contributed by atoms with Crippen LogP contribution in [0.1, 0.15) is 25.3 Å². The summed E-state index contributed by atoms with van der Waals surface area (Å²) in [6, 6.07) is 9.18. The minimum atomic E-state index is -3.42. The van der Waals surface area contributed by atoms with Gasteiger partial charge in [0.2, 0.25) is 15.9 Å². The largest absolute Gasteiger partial charge is 0.337 e. The number of alkyl halides is 1. The van der Waals surface area contributed by atoms with E-state index in [9.17, 15) is 22.0 Å². The summed E-state index contributed by atoms with van der Waals surface area (Å²) in [7, 11) is -3.42. The molecule has 1 saturated heterocycles. The fourth-order valence-electron chi connectivity index (χ4n) is 4.63. The summed E-state index contributed by atoms with van der Waals surface area (Å²) in [5.41, 5.74) is -2.18. The number of sulfonamides is 1. The number of likely N-dealkylation sites (tertiary alicyclic amines) is 1. The third kappa shape index (κ3) is 4.03. The number of nitrogens with zero attached hydrogens (tertiary/aromatic N) is 1. The van der Waals surface area contributed by atoms with Crippen LogP contribution in [0.3, 0.4) is 0 Å². The molecule has 1 heterocycles. The Balaban J connectivity index is 1.58. The Bertz CT molecular complexity index is 1140. The van der Waals surface area contributed by atoms with Gasteiger partial charge < -0.3 is 4.90 Å². The molecule has 2 aliphatic rings. The summed E-state index contributed by atoms with van der Waals surface area (Å²) < 4.78 is 70.1. The number of rotatable bonds is 7. The molecule has 2 fully saturated rings. The molecule has 0 radical (unpaired) electrons. The highest BCUT2D eigenvalue weighted by molar-refractivity contribution is 7.88. The van der Waals surface area contributed by atoms with Crippen LogP contribution in [0.2, 0.25) is 0 Å². The van der Waals surface area contributed by atoms with Crippen LogP contribution in [0.15, 0.2) is 42.5 Å². The van der Waals surface area contributed by atoms with E-state index in [1.54, 1.807) is 12.1 Å². The van der Waals surface area contributed by atoms with Gasteiger partial charge in [-0.15, -0.1) is 0 Å². The van der Waals surface area contributed by atoms with Crippen molar-refractivity contribution in [1.29, 1.82) is 0 Å². The van der Waals surface area contributed by atoms with Gasteiger partial charge >= 0.3 is 0 Å². The first-order valence-electron chi connectivity index (χ1n) is 10.5. The van der Waals surface area contributed by atoms with Crippen LogP contribution in [0.5, 0.6) is 0 Å². The maximum Gasteiger partial charge on any atom is 0.229 e. The van der Waals surface area contributed by atoms with E-state index >= 15 is 4.39 Å². The zero-order chi connectivity index (χ0) is 23.3. The second-order valence-corrected chi connectivity index (χ2v) is 10.4. The highest BCUT2D eigenvalue weighted by Gasteiger charge is 2.64. The molecule has 5 nitrogen and oxygen atoms in total. The third-order valence-corrected chi connectivity index (χ3v) is 7.23. The van der Waals surface area contributed by atoms with Crippen molar-refractivity contribution in [1.82, 2.24) is 9.62 Å². The van der Waals surface area contributed by atoms with E-state index in [0.717, 1.165) is 24.8 Å². The Morgan fingerprint density at radius 3 is 2.44 bits per heavy atom. The van der Waals surface area contributed by atoms with Gasteiger partial charge in [0.05, 0.1) is 17.7 Å². The molecule has 1 N–H and O–H groups in total. The molecule has 0 unspecified atom stereocenters. The molecular weight excluding hydrogens is 441 g/mol. The van der Waals surface area contributed by atoms with E-state index in [1.165, 1.54) is 23.1 Å². The van der Waals surface area contributed by atoms with Crippen molar-refractivity contribution in [3.63, 3.8) is 0 Å². The van der Waals surface area contributed by atoms with Crippen molar-refractivity contribution in [2.75, 3.05) is 19.3 Å². The maximum atomic E-state index is 16.0. The number of halogens is 3. The Hall–Kier alpha value is -2.39. The molecule has 1 aliphatic carbocycles. The predicted octanol–water partition coefficient (Wildman–Crippen LogP) is 3.60. The monoisotopic (exact) mass is 466 g/mol. The quantitative estimate of drug-likeness (QED) is 0.678. The zero-order valence-electron chi connectivity index (χ0n) is 17.8. The number of hydrogen-bond acceptors (Lipinski definition) is 3. The van der Waals surface area contributed by atoms with Crippen LogP contribution in [0, 0.1) is 23.5 Å². The standard InChI is InChI=1S/C23H25F3N2O3S/c1-3-14-13-28(20(14)12-27-32(2,30)31)22(29)17-11-23(17,26)16-8-5-4-7-15(16)21-18(24)9-6-10-19(21)25/h4-10,14,17,20,27H,3,11-13H2,1-2H3/t14-,17+,20+,23-/m1/s1. The first-order valence-corrected chi connectivity index (χ1v) is 12.4. The molecule has 1 amide bonds. The smallest absolute Gasteiger partial charge is 0.229 e. The lowest BCUT2D eigenvalue weighted by atomic mass is 9.85. The van der Waals surface area contributed by atoms with Crippen molar-refractivity contribution in [2.24, 2.45) is 11.8 Å². The molecule has 9 heteroatoms. The van der Waals surface area contributed by atoms with Crippen molar-refractivity contribution in [3.8, 4) is 11.1 Å². The summed E-state index contributed by atoms with van der Waals surface area (Å²) in [4.78, 5) is 14.6. The van der Waals surface area contributed by atoms with Gasteiger partial charge in [-0.2, -0.15) is 0 Å². The Morgan fingerprint density at radius 2 is 1.81 bits per heavy atom. The lowest BCUT2D eigenvalue weighted by Crippen LogP contribution is -2.62. The van der Waals surface area contributed by atoms with Crippen LogP contribution in [-0.4, -0.2) is 44.6 Å². The number of carbonyl (C=O) groups excluding carboxylic acids is 1. The zero-order valence-corrected chi connectivity index (χ0v) is 18.6. The molecule has 0 aromatic heterocycles. The number of benzene rings is 2. The second kappa shape index (κ2) is 8.19. The minimum Gasteiger partial charge on any atom is -0.337 e. The van der Waals surface area contributed by atoms with Crippen molar-refractivity contribution >= 4 is 15.9 Å². The third-order valence-electron chi connectivity index (χ3n) is 6.54. The number of carbonyl (C=O) groups is 1. The number of hydrogen-bond donors (Lipinski definition) is 1. The Morgan fingerprint density at radius 1 is 1.16 bits per heavy atom. The van der Waals surface area contributed by atoms with E-state index in [4.69, 9.17) is 0 Å². The fraction of sp³-hybridized carbons (Fsp3) is 0.435. The van der Waals surface area contributed by atoms with Gasteiger partial charge in [-0.3, -0.25) is 4.79 Å². The molecule has 172 valence electrons. The summed E-state index contributed by atoms with van der Waals surface area (Å²) in [5, 5.41) is 0. The maximum absolute atomic E-state index is 16.0. The molecule has 4 atom stereocenters. The molecular formula is C23H25F3N2O3S. The average Bonchev–Trinajstić information content (AvgIpc) is 3.40. The molecule has 2 aromatic carbocycles. The first-order chi connectivity index (χ1) is 15.1. The van der Waals surface area contributed by atoms with Gasteiger partial charge in [0.25, 0.3) is 0 Å². The van der Waals surface area contributed by atoms with E-state index in [2.05, 4.69) is 4.72 Å². The Labute approximate surface area is 185 Å². The van der Waals surface area contributed by atoms with E-state index < -0.39 is 39.2 Å². The molecule has 0 bridgehead atoms. The van der Waals surface area contributed by atoms with Crippen LogP contribution in [0.4, 0.5) is 13.2 Å². The van der Waals surface area contributed by atoms with Crippen LogP contribution >= 0.6 is 0 Å². The van der Waals surface area contributed by atoms with E-state index in [-0.39, 0.29) is 41.6 Å². The summed E-state index contributed by atoms with van der Waals surface area (Å²) >= 11 is 0. The minimum absolute atomic E-state index is 0.0755. The Kier molecular flexibility index (Phi) is 5.83. The lowest BCUT2D eigenvalue weighted by Gasteiger charge is -2.48. The summed E-state index contributed by atoms with van der Waals surface area (Å²) in [6.07, 6.45) is 1.73. The highest BCUT2D eigenvalue weighted by atomic mass is 32.2. The van der Waals surface area contributed by atoms with Gasteiger partial charge in [0, 0.05) is 25.6 Å². The van der Waals surface area contributed by atoms with Crippen LogP contribution < -0.4 is 4.72 Å². The second-order valence-electron chi connectivity index (χ2n) is 8.61. The van der Waals surface area contributed by atoms with Gasteiger partial charge in [-0.05, 0) is 35.6 Å². The SMILES string of the molecule is CC[C@@H]1CN(C(=O)[C@@H]2C[C@@]2(F)c2ccccc2-c2c(F)cccc2F)[C@H]1CNS(C)(=O)=O. The van der Waals surface area contributed by atoms with Gasteiger partial charge in [-0.25, -0.2) is 26.3 Å². The molecule has 1 saturated carbocycles. The lowest BCUT2D eigenvalue weighted by molar-refractivity contribution is -0.146. The molecule has 0 spiro atoms. The van der Waals surface area contributed by atoms with Gasteiger partial charge in [0.15, 0.2) is 0 Å². The highest BCUT2D eigenvalue weighted by Crippen LogP contribution is 2.59. The van der Waals surface area contributed by atoms with Gasteiger partial charge in [0.1, 0.15) is 17.3 Å². The van der Waals surface area contributed by atoms with E-state index in [1.807, 2.05) is 6.92 Å². The number of nitrogens with one attached hydrogen (secondary N) is 1. The molecule has 1 aliphatic heterocycles.